The fraction of sp³-hybridized carbons (Fsp3) is 0.188. The van der Waals surface area contributed by atoms with E-state index in [0.717, 1.165) is 17.7 Å². The molecule has 0 heterocycles. The van der Waals surface area contributed by atoms with Crippen LogP contribution in [0.5, 0.6) is 0 Å². The lowest BCUT2D eigenvalue weighted by Crippen LogP contribution is -2.20. The topological polar surface area (TPSA) is 29.1 Å². The molecule has 0 bridgehead atoms. The van der Waals surface area contributed by atoms with Crippen LogP contribution in [0.15, 0.2) is 54.6 Å². The van der Waals surface area contributed by atoms with Crippen molar-refractivity contribution in [2.24, 2.45) is 0 Å². The molecular weight excluding hydrogens is 258 g/mol. The highest BCUT2D eigenvalue weighted by Crippen LogP contribution is 2.22. The van der Waals surface area contributed by atoms with E-state index in [1.807, 2.05) is 49.4 Å². The van der Waals surface area contributed by atoms with Crippen molar-refractivity contribution in [1.82, 2.24) is 0 Å². The summed E-state index contributed by atoms with van der Waals surface area (Å²) >= 11 is 5.91. The van der Waals surface area contributed by atoms with Gasteiger partial charge >= 0.3 is 0 Å². The number of benzene rings is 2. The van der Waals surface area contributed by atoms with Gasteiger partial charge in [0.25, 0.3) is 0 Å². The smallest absolute Gasteiger partial charge is 0.231 e. The Morgan fingerprint density at radius 3 is 2.53 bits per heavy atom. The minimum Gasteiger partial charge on any atom is -0.326 e. The Morgan fingerprint density at radius 2 is 1.89 bits per heavy atom. The molecule has 1 N–H and O–H groups in total. The van der Waals surface area contributed by atoms with Crippen LogP contribution in [0.4, 0.5) is 5.69 Å². The molecule has 0 aliphatic rings. The number of hydrogen-bond donors (Lipinski definition) is 1. The van der Waals surface area contributed by atoms with Crippen molar-refractivity contribution < 1.29 is 4.79 Å². The zero-order valence-electron chi connectivity index (χ0n) is 10.8. The summed E-state index contributed by atoms with van der Waals surface area (Å²) in [6.07, 6.45) is 0.760. The molecule has 1 amide bonds. The minimum atomic E-state index is -0.139. The molecule has 0 aromatic heterocycles. The zero-order chi connectivity index (χ0) is 13.7. The third-order valence-corrected chi connectivity index (χ3v) is 3.25. The van der Waals surface area contributed by atoms with E-state index in [2.05, 4.69) is 5.32 Å². The van der Waals surface area contributed by atoms with Crippen molar-refractivity contribution in [1.29, 1.82) is 0 Å². The molecule has 0 unspecified atom stereocenters. The third-order valence-electron chi connectivity index (χ3n) is 3.02. The predicted octanol–water partition coefficient (Wildman–Crippen LogP) is 4.47. The number of rotatable bonds is 4. The van der Waals surface area contributed by atoms with Gasteiger partial charge in [-0.1, -0.05) is 54.9 Å². The standard InChI is InChI=1S/C16H16ClNO/c1-2-15(12-7-4-3-5-8-12)16(19)18-14-10-6-9-13(17)11-14/h3-11,15H,2H2,1H3,(H,18,19)/t15-/m0/s1. The molecular formula is C16H16ClNO. The average molecular weight is 274 g/mol. The zero-order valence-corrected chi connectivity index (χ0v) is 11.5. The lowest BCUT2D eigenvalue weighted by molar-refractivity contribution is -0.117. The highest BCUT2D eigenvalue weighted by atomic mass is 35.5. The van der Waals surface area contributed by atoms with Crippen LogP contribution < -0.4 is 5.32 Å². The second kappa shape index (κ2) is 6.39. The molecule has 2 aromatic carbocycles. The van der Waals surface area contributed by atoms with E-state index in [1.54, 1.807) is 12.1 Å². The van der Waals surface area contributed by atoms with Gasteiger partial charge in [0.1, 0.15) is 0 Å². The minimum absolute atomic E-state index is 0.00373. The number of halogens is 1. The maximum atomic E-state index is 12.3. The molecule has 0 aliphatic carbocycles. The van der Waals surface area contributed by atoms with Gasteiger partial charge in [0.2, 0.25) is 5.91 Å². The van der Waals surface area contributed by atoms with Crippen LogP contribution in [0.2, 0.25) is 5.02 Å². The van der Waals surface area contributed by atoms with Crippen molar-refractivity contribution in [2.75, 3.05) is 5.32 Å². The van der Waals surface area contributed by atoms with Crippen LogP contribution >= 0.6 is 11.6 Å². The van der Waals surface area contributed by atoms with E-state index in [1.165, 1.54) is 0 Å². The van der Waals surface area contributed by atoms with E-state index in [-0.39, 0.29) is 11.8 Å². The van der Waals surface area contributed by atoms with Crippen LogP contribution in [-0.2, 0) is 4.79 Å². The van der Waals surface area contributed by atoms with Gasteiger partial charge in [-0.25, -0.2) is 0 Å². The van der Waals surface area contributed by atoms with Crippen LogP contribution in [0, 0.1) is 0 Å². The van der Waals surface area contributed by atoms with E-state index >= 15 is 0 Å². The first-order valence-corrected chi connectivity index (χ1v) is 6.70. The highest BCUT2D eigenvalue weighted by molar-refractivity contribution is 6.30. The summed E-state index contributed by atoms with van der Waals surface area (Å²) in [5, 5.41) is 3.53. The molecule has 0 aliphatic heterocycles. The molecule has 0 saturated heterocycles. The van der Waals surface area contributed by atoms with Crippen LogP contribution in [0.25, 0.3) is 0 Å². The Hall–Kier alpha value is -1.80. The number of carbonyl (C=O) groups is 1. The largest absolute Gasteiger partial charge is 0.326 e. The molecule has 19 heavy (non-hydrogen) atoms. The fourth-order valence-corrected chi connectivity index (χ4v) is 2.24. The summed E-state index contributed by atoms with van der Waals surface area (Å²) < 4.78 is 0. The van der Waals surface area contributed by atoms with Gasteiger partial charge in [-0.05, 0) is 30.2 Å². The van der Waals surface area contributed by atoms with Gasteiger partial charge in [-0.3, -0.25) is 4.79 Å². The Kier molecular flexibility index (Phi) is 4.58. The second-order valence-electron chi connectivity index (χ2n) is 4.37. The molecule has 0 radical (unpaired) electrons. The Labute approximate surface area is 118 Å². The monoisotopic (exact) mass is 273 g/mol. The third kappa shape index (κ3) is 3.58. The van der Waals surface area contributed by atoms with Gasteiger partial charge in [0.15, 0.2) is 0 Å². The molecule has 3 heteroatoms. The van der Waals surface area contributed by atoms with E-state index in [4.69, 9.17) is 11.6 Å². The number of amides is 1. The normalized spacial score (nSPS) is 11.9. The Bertz CT molecular complexity index is 554. The maximum Gasteiger partial charge on any atom is 0.231 e. The van der Waals surface area contributed by atoms with Gasteiger partial charge in [0, 0.05) is 10.7 Å². The first kappa shape index (κ1) is 13.6. The molecule has 0 saturated carbocycles. The van der Waals surface area contributed by atoms with Crippen molar-refractivity contribution >= 4 is 23.2 Å². The second-order valence-corrected chi connectivity index (χ2v) is 4.81. The summed E-state index contributed by atoms with van der Waals surface area (Å²) in [5.74, 6) is -0.142. The van der Waals surface area contributed by atoms with E-state index < -0.39 is 0 Å². The summed E-state index contributed by atoms with van der Waals surface area (Å²) in [5.41, 5.74) is 1.76. The van der Waals surface area contributed by atoms with Crippen molar-refractivity contribution in [3.8, 4) is 0 Å². The summed E-state index contributed by atoms with van der Waals surface area (Å²) in [7, 11) is 0. The Balaban J connectivity index is 2.14. The first-order valence-electron chi connectivity index (χ1n) is 6.32. The number of carbonyl (C=O) groups excluding carboxylic acids is 1. The molecule has 2 nitrogen and oxygen atoms in total. The molecule has 2 rings (SSSR count). The van der Waals surface area contributed by atoms with Gasteiger partial charge in [0.05, 0.1) is 5.92 Å². The van der Waals surface area contributed by atoms with E-state index in [9.17, 15) is 4.79 Å². The molecule has 1 atom stereocenters. The fourth-order valence-electron chi connectivity index (χ4n) is 2.05. The van der Waals surface area contributed by atoms with Crippen molar-refractivity contribution in [3.05, 3.63) is 65.2 Å². The number of nitrogens with one attached hydrogen (secondary N) is 1. The quantitative estimate of drug-likeness (QED) is 0.875. The van der Waals surface area contributed by atoms with E-state index in [0.29, 0.717) is 5.02 Å². The number of hydrogen-bond acceptors (Lipinski definition) is 1. The van der Waals surface area contributed by atoms with Gasteiger partial charge in [-0.2, -0.15) is 0 Å². The molecule has 0 spiro atoms. The number of anilines is 1. The first-order chi connectivity index (χ1) is 9.20. The average Bonchev–Trinajstić information content (AvgIpc) is 2.41. The lowest BCUT2D eigenvalue weighted by atomic mass is 9.95. The summed E-state index contributed by atoms with van der Waals surface area (Å²) in [6, 6.07) is 17.0. The Morgan fingerprint density at radius 1 is 1.16 bits per heavy atom. The predicted molar refractivity (Wildman–Crippen MR) is 79.6 cm³/mol. The summed E-state index contributed by atoms with van der Waals surface area (Å²) in [4.78, 5) is 12.3. The molecule has 98 valence electrons. The van der Waals surface area contributed by atoms with Crippen molar-refractivity contribution in [2.45, 2.75) is 19.3 Å². The highest BCUT2D eigenvalue weighted by Gasteiger charge is 2.18. The van der Waals surface area contributed by atoms with Crippen molar-refractivity contribution in [3.63, 3.8) is 0 Å². The van der Waals surface area contributed by atoms with Gasteiger partial charge < -0.3 is 5.32 Å². The SMILES string of the molecule is CC[C@H](C(=O)Nc1cccc(Cl)c1)c1ccccc1. The van der Waals surface area contributed by atoms with Crippen LogP contribution in [0.3, 0.4) is 0 Å². The lowest BCUT2D eigenvalue weighted by Gasteiger charge is -2.15. The van der Waals surface area contributed by atoms with Crippen LogP contribution in [-0.4, -0.2) is 5.91 Å². The summed E-state index contributed by atoms with van der Waals surface area (Å²) in [6.45, 7) is 2.01. The van der Waals surface area contributed by atoms with Gasteiger partial charge in [-0.15, -0.1) is 0 Å². The van der Waals surface area contributed by atoms with Crippen LogP contribution in [0.1, 0.15) is 24.8 Å². The molecule has 2 aromatic rings. The maximum absolute atomic E-state index is 12.3. The molecule has 0 fully saturated rings.